The molecule has 6 heteroatoms. The van der Waals surface area contributed by atoms with E-state index in [0.717, 1.165) is 30.5 Å². The van der Waals surface area contributed by atoms with Gasteiger partial charge in [-0.15, -0.1) is 0 Å². The van der Waals surface area contributed by atoms with Gasteiger partial charge in [-0.25, -0.2) is 4.98 Å². The van der Waals surface area contributed by atoms with Crippen LogP contribution in [0.3, 0.4) is 0 Å². The molecule has 0 unspecified atom stereocenters. The van der Waals surface area contributed by atoms with Crippen molar-refractivity contribution in [1.29, 1.82) is 0 Å². The zero-order valence-corrected chi connectivity index (χ0v) is 12.8. The fraction of sp³-hybridized carbons (Fsp3) is 0.769. The van der Waals surface area contributed by atoms with Gasteiger partial charge in [-0.3, -0.25) is 9.67 Å². The van der Waals surface area contributed by atoms with Crippen LogP contribution in [-0.4, -0.2) is 38.8 Å². The number of aliphatic imine (C=N–C) groups is 1. The SMILES string of the molecule is CCC1(CC)CN=C(NCCc2ncn(C)n2)SC1. The van der Waals surface area contributed by atoms with Crippen LogP contribution in [0.4, 0.5) is 0 Å². The summed E-state index contributed by atoms with van der Waals surface area (Å²) >= 11 is 1.85. The van der Waals surface area contributed by atoms with E-state index in [1.165, 1.54) is 18.6 Å². The van der Waals surface area contributed by atoms with E-state index in [-0.39, 0.29) is 0 Å². The maximum atomic E-state index is 4.68. The Labute approximate surface area is 119 Å². The minimum atomic E-state index is 0.415. The van der Waals surface area contributed by atoms with Crippen molar-refractivity contribution in [3.8, 4) is 0 Å². The molecule has 1 aliphatic rings. The molecular formula is C13H23N5S. The quantitative estimate of drug-likeness (QED) is 0.895. The number of nitrogens with one attached hydrogen (secondary N) is 1. The molecule has 0 saturated carbocycles. The van der Waals surface area contributed by atoms with Crippen LogP contribution in [0, 0.1) is 5.41 Å². The predicted octanol–water partition coefficient (Wildman–Crippen LogP) is 1.86. The van der Waals surface area contributed by atoms with E-state index < -0.39 is 0 Å². The Morgan fingerprint density at radius 2 is 2.21 bits per heavy atom. The normalized spacial score (nSPS) is 18.2. The number of amidine groups is 1. The summed E-state index contributed by atoms with van der Waals surface area (Å²) in [6, 6.07) is 0. The van der Waals surface area contributed by atoms with Gasteiger partial charge in [0.05, 0.1) is 0 Å². The first-order valence-corrected chi connectivity index (χ1v) is 7.91. The fourth-order valence-corrected chi connectivity index (χ4v) is 3.42. The van der Waals surface area contributed by atoms with Gasteiger partial charge in [0.1, 0.15) is 6.33 Å². The lowest BCUT2D eigenvalue weighted by molar-refractivity contribution is 0.318. The fourth-order valence-electron chi connectivity index (χ4n) is 2.12. The predicted molar refractivity (Wildman–Crippen MR) is 80.5 cm³/mol. The third kappa shape index (κ3) is 3.72. The molecule has 2 rings (SSSR count). The Hall–Kier alpha value is -1.04. The monoisotopic (exact) mass is 281 g/mol. The maximum absolute atomic E-state index is 4.68. The molecule has 0 aromatic carbocycles. The summed E-state index contributed by atoms with van der Waals surface area (Å²) in [6.45, 7) is 6.34. The Morgan fingerprint density at radius 1 is 1.42 bits per heavy atom. The van der Waals surface area contributed by atoms with Crippen molar-refractivity contribution in [2.75, 3.05) is 18.8 Å². The van der Waals surface area contributed by atoms with Crippen molar-refractivity contribution in [2.45, 2.75) is 33.1 Å². The molecule has 0 aliphatic carbocycles. The first-order valence-electron chi connectivity index (χ1n) is 6.93. The van der Waals surface area contributed by atoms with Crippen LogP contribution in [0.5, 0.6) is 0 Å². The highest BCUT2D eigenvalue weighted by Crippen LogP contribution is 2.34. The molecule has 1 aromatic rings. The number of hydrogen-bond acceptors (Lipinski definition) is 5. The van der Waals surface area contributed by atoms with E-state index >= 15 is 0 Å². The van der Waals surface area contributed by atoms with Crippen LogP contribution < -0.4 is 5.32 Å². The van der Waals surface area contributed by atoms with Gasteiger partial charge in [-0.2, -0.15) is 5.10 Å². The lowest BCUT2D eigenvalue weighted by Gasteiger charge is -2.33. The van der Waals surface area contributed by atoms with Gasteiger partial charge in [-0.05, 0) is 18.3 Å². The molecule has 1 aromatic heterocycles. The molecular weight excluding hydrogens is 258 g/mol. The van der Waals surface area contributed by atoms with E-state index in [1.54, 1.807) is 11.0 Å². The lowest BCUT2D eigenvalue weighted by atomic mass is 9.84. The van der Waals surface area contributed by atoms with Crippen LogP contribution >= 0.6 is 11.8 Å². The average Bonchev–Trinajstić information content (AvgIpc) is 2.86. The Kier molecular flexibility index (Phi) is 4.85. The summed E-state index contributed by atoms with van der Waals surface area (Å²) in [7, 11) is 1.89. The number of aryl methyl sites for hydroxylation is 1. The van der Waals surface area contributed by atoms with E-state index in [0.29, 0.717) is 5.41 Å². The molecule has 0 fully saturated rings. The standard InChI is InChI=1S/C13H23N5S/c1-4-13(5-2)8-15-12(19-9-13)14-7-6-11-16-10-18(3)17-11/h10H,4-9H2,1-3H3,(H,14,15). The van der Waals surface area contributed by atoms with Crippen LogP contribution in [-0.2, 0) is 13.5 Å². The van der Waals surface area contributed by atoms with Gasteiger partial charge in [0, 0.05) is 32.3 Å². The second-order valence-corrected chi connectivity index (χ2v) is 6.09. The zero-order valence-electron chi connectivity index (χ0n) is 12.0. The van der Waals surface area contributed by atoms with Crippen molar-refractivity contribution in [3.63, 3.8) is 0 Å². The summed E-state index contributed by atoms with van der Waals surface area (Å²) < 4.78 is 1.74. The maximum Gasteiger partial charge on any atom is 0.156 e. The lowest BCUT2D eigenvalue weighted by Crippen LogP contribution is -2.35. The zero-order chi connectivity index (χ0) is 13.7. The van der Waals surface area contributed by atoms with Gasteiger partial charge in [0.25, 0.3) is 0 Å². The number of nitrogens with zero attached hydrogens (tertiary/aromatic N) is 4. The number of hydrogen-bond donors (Lipinski definition) is 1. The van der Waals surface area contributed by atoms with Gasteiger partial charge in [0.15, 0.2) is 11.0 Å². The minimum Gasteiger partial charge on any atom is -0.364 e. The highest BCUT2D eigenvalue weighted by atomic mass is 32.2. The van der Waals surface area contributed by atoms with Crippen LogP contribution in [0.2, 0.25) is 0 Å². The Morgan fingerprint density at radius 3 is 2.74 bits per heavy atom. The molecule has 0 amide bonds. The molecule has 0 saturated heterocycles. The van der Waals surface area contributed by atoms with E-state index in [9.17, 15) is 0 Å². The smallest absolute Gasteiger partial charge is 0.156 e. The largest absolute Gasteiger partial charge is 0.364 e. The molecule has 0 radical (unpaired) electrons. The molecule has 1 N–H and O–H groups in total. The minimum absolute atomic E-state index is 0.415. The van der Waals surface area contributed by atoms with E-state index in [2.05, 4.69) is 34.2 Å². The van der Waals surface area contributed by atoms with E-state index in [1.807, 2.05) is 18.8 Å². The summed E-state index contributed by atoms with van der Waals surface area (Å²) in [5.41, 5.74) is 0.415. The first kappa shape index (κ1) is 14.4. The van der Waals surface area contributed by atoms with Gasteiger partial charge >= 0.3 is 0 Å². The molecule has 0 bridgehead atoms. The number of aromatic nitrogens is 3. The van der Waals surface area contributed by atoms with Gasteiger partial charge in [-0.1, -0.05) is 25.6 Å². The van der Waals surface area contributed by atoms with E-state index in [4.69, 9.17) is 0 Å². The molecule has 0 atom stereocenters. The summed E-state index contributed by atoms with van der Waals surface area (Å²) in [5.74, 6) is 2.06. The van der Waals surface area contributed by atoms with Crippen molar-refractivity contribution in [2.24, 2.45) is 17.5 Å². The van der Waals surface area contributed by atoms with Crippen LogP contribution in [0.15, 0.2) is 11.3 Å². The first-order chi connectivity index (χ1) is 9.17. The third-order valence-electron chi connectivity index (χ3n) is 3.85. The molecule has 1 aliphatic heterocycles. The molecule has 2 heterocycles. The Balaban J connectivity index is 1.77. The summed E-state index contributed by atoms with van der Waals surface area (Å²) in [5, 5.41) is 8.73. The molecule has 106 valence electrons. The van der Waals surface area contributed by atoms with Crippen LogP contribution in [0.1, 0.15) is 32.5 Å². The highest BCUT2D eigenvalue weighted by Gasteiger charge is 2.29. The number of rotatable bonds is 5. The van der Waals surface area contributed by atoms with Crippen molar-refractivity contribution in [3.05, 3.63) is 12.2 Å². The topological polar surface area (TPSA) is 55.1 Å². The summed E-state index contributed by atoms with van der Waals surface area (Å²) in [4.78, 5) is 8.90. The second-order valence-electron chi connectivity index (χ2n) is 5.13. The molecule has 19 heavy (non-hydrogen) atoms. The number of thioether (sulfide) groups is 1. The summed E-state index contributed by atoms with van der Waals surface area (Å²) in [6.07, 6.45) is 5.00. The van der Waals surface area contributed by atoms with Crippen molar-refractivity contribution < 1.29 is 0 Å². The van der Waals surface area contributed by atoms with Gasteiger partial charge in [0.2, 0.25) is 0 Å². The molecule has 5 nitrogen and oxygen atoms in total. The highest BCUT2D eigenvalue weighted by molar-refractivity contribution is 8.13. The average molecular weight is 281 g/mol. The van der Waals surface area contributed by atoms with Crippen molar-refractivity contribution in [1.82, 2.24) is 20.1 Å². The van der Waals surface area contributed by atoms with Gasteiger partial charge < -0.3 is 5.32 Å². The van der Waals surface area contributed by atoms with Crippen LogP contribution in [0.25, 0.3) is 0 Å². The van der Waals surface area contributed by atoms with Crippen molar-refractivity contribution >= 4 is 16.9 Å². The second kappa shape index (κ2) is 6.41. The Bertz CT molecular complexity index is 436. The third-order valence-corrected chi connectivity index (χ3v) is 5.15. The molecule has 0 spiro atoms.